The number of hydrogen-bond acceptors (Lipinski definition) is 3. The van der Waals surface area contributed by atoms with Crippen molar-refractivity contribution in [2.75, 3.05) is 0 Å². The van der Waals surface area contributed by atoms with Crippen LogP contribution in [-0.4, -0.2) is 22.2 Å². The minimum Gasteiger partial charge on any atom is -0.350 e. The Balaban J connectivity index is 1.54. The largest absolute Gasteiger partial charge is 0.350 e. The number of carbonyl (C=O) groups is 3. The summed E-state index contributed by atoms with van der Waals surface area (Å²) in [5, 5.41) is 0.807. The number of aryl methyl sites for hydroxylation is 3. The number of fused-ring (bicyclic) bond motifs is 1. The van der Waals surface area contributed by atoms with Crippen LogP contribution < -0.4 is 10.9 Å². The van der Waals surface area contributed by atoms with E-state index in [4.69, 9.17) is 0 Å². The van der Waals surface area contributed by atoms with Gasteiger partial charge in [-0.15, -0.1) is 0 Å². The van der Waals surface area contributed by atoms with Crippen LogP contribution in [0, 0.1) is 13.8 Å². The van der Waals surface area contributed by atoms with E-state index in [1.165, 1.54) is 0 Å². The van der Waals surface area contributed by atoms with Crippen LogP contribution in [0.1, 0.15) is 44.7 Å². The number of ketones is 1. The average Bonchev–Trinajstić information content (AvgIpc) is 3.03. The molecule has 1 aromatic heterocycles. The molecule has 0 saturated carbocycles. The van der Waals surface area contributed by atoms with E-state index < -0.39 is 11.8 Å². The molecule has 0 radical (unpaired) electrons. The second-order valence-corrected chi connectivity index (χ2v) is 6.90. The zero-order valence-corrected chi connectivity index (χ0v) is 16.2. The van der Waals surface area contributed by atoms with Crippen molar-refractivity contribution in [2.45, 2.75) is 26.7 Å². The molecule has 0 aliphatic heterocycles. The summed E-state index contributed by atoms with van der Waals surface area (Å²) in [6.45, 7) is 3.93. The van der Waals surface area contributed by atoms with Gasteiger partial charge in [-0.1, -0.05) is 30.3 Å². The third kappa shape index (κ3) is 4.11. The zero-order valence-electron chi connectivity index (χ0n) is 16.2. The molecular formula is C22H23N3O3. The molecule has 2 N–H and O–H groups in total. The van der Waals surface area contributed by atoms with E-state index in [9.17, 15) is 14.4 Å². The molecule has 0 spiro atoms. The summed E-state index contributed by atoms with van der Waals surface area (Å²) >= 11 is 0. The number of nitrogens with zero attached hydrogens (tertiary/aromatic N) is 1. The van der Waals surface area contributed by atoms with Gasteiger partial charge in [-0.3, -0.25) is 25.2 Å². The lowest BCUT2D eigenvalue weighted by Gasteiger charge is -2.07. The lowest BCUT2D eigenvalue weighted by atomic mass is 10.0. The van der Waals surface area contributed by atoms with Crippen molar-refractivity contribution < 1.29 is 14.4 Å². The molecule has 6 nitrogen and oxygen atoms in total. The summed E-state index contributed by atoms with van der Waals surface area (Å²) in [6.07, 6.45) is 1.80. The molecule has 2 amide bonds. The Kier molecular flexibility index (Phi) is 5.59. The van der Waals surface area contributed by atoms with Crippen LogP contribution in [0.15, 0.2) is 48.7 Å². The molecular weight excluding hydrogens is 354 g/mol. The number of hydrazine groups is 1. The van der Waals surface area contributed by atoms with Gasteiger partial charge in [0.15, 0.2) is 5.78 Å². The third-order valence-corrected chi connectivity index (χ3v) is 4.87. The lowest BCUT2D eigenvalue weighted by molar-refractivity contribution is -0.121. The van der Waals surface area contributed by atoms with Crippen LogP contribution in [0.25, 0.3) is 10.9 Å². The van der Waals surface area contributed by atoms with E-state index in [2.05, 4.69) is 10.9 Å². The number of para-hydroxylation sites is 1. The first-order valence-electron chi connectivity index (χ1n) is 9.10. The maximum absolute atomic E-state index is 12.4. The summed E-state index contributed by atoms with van der Waals surface area (Å²) in [5.74, 6) is -0.907. The van der Waals surface area contributed by atoms with Gasteiger partial charge in [0.25, 0.3) is 5.91 Å². The Morgan fingerprint density at radius 3 is 2.43 bits per heavy atom. The van der Waals surface area contributed by atoms with Crippen molar-refractivity contribution >= 4 is 28.5 Å². The quantitative estimate of drug-likeness (QED) is 0.529. The van der Waals surface area contributed by atoms with Gasteiger partial charge in [-0.05, 0) is 37.1 Å². The Morgan fingerprint density at radius 2 is 1.68 bits per heavy atom. The molecule has 1 heterocycles. The maximum atomic E-state index is 12.4. The van der Waals surface area contributed by atoms with Gasteiger partial charge in [0.1, 0.15) is 0 Å². The summed E-state index contributed by atoms with van der Waals surface area (Å²) in [6, 6.07) is 13.0. The highest BCUT2D eigenvalue weighted by Gasteiger charge is 2.15. The summed E-state index contributed by atoms with van der Waals surface area (Å²) in [7, 11) is 1.86. The predicted molar refractivity (Wildman–Crippen MR) is 108 cm³/mol. The first-order chi connectivity index (χ1) is 13.4. The second-order valence-electron chi connectivity index (χ2n) is 6.90. The summed E-state index contributed by atoms with van der Waals surface area (Å²) in [4.78, 5) is 36.7. The Hall–Kier alpha value is -3.41. The number of carbonyl (C=O) groups excluding carboxylic acids is 3. The van der Waals surface area contributed by atoms with Crippen molar-refractivity contribution in [3.8, 4) is 0 Å². The van der Waals surface area contributed by atoms with Crippen LogP contribution in [0.5, 0.6) is 0 Å². The van der Waals surface area contributed by atoms with Crippen LogP contribution in [0.3, 0.4) is 0 Å². The van der Waals surface area contributed by atoms with Crippen LogP contribution in [0.4, 0.5) is 0 Å². The van der Waals surface area contributed by atoms with Crippen molar-refractivity contribution in [3.63, 3.8) is 0 Å². The minimum atomic E-state index is -0.411. The number of Topliss-reactive ketones (excluding diaryl/α,β-unsaturated/α-hetero) is 1. The number of nitrogens with one attached hydrogen (secondary N) is 2. The van der Waals surface area contributed by atoms with E-state index >= 15 is 0 Å². The Labute approximate surface area is 163 Å². The first-order valence-corrected chi connectivity index (χ1v) is 9.10. The summed E-state index contributed by atoms with van der Waals surface area (Å²) in [5.41, 5.74) is 8.96. The Morgan fingerprint density at radius 1 is 0.929 bits per heavy atom. The van der Waals surface area contributed by atoms with Gasteiger partial charge in [-0.2, -0.15) is 0 Å². The van der Waals surface area contributed by atoms with E-state index in [0.717, 1.165) is 22.0 Å². The number of benzene rings is 2. The molecule has 0 saturated heterocycles. The molecule has 3 rings (SSSR count). The molecule has 28 heavy (non-hydrogen) atoms. The van der Waals surface area contributed by atoms with Gasteiger partial charge < -0.3 is 4.57 Å². The SMILES string of the molecule is Cc1ccc(C(=O)CCC(=O)NNC(=O)c2cn(C)c3ccccc23)cc1C. The molecule has 0 bridgehead atoms. The van der Waals surface area contributed by atoms with Gasteiger partial charge in [-0.25, -0.2) is 0 Å². The summed E-state index contributed by atoms with van der Waals surface area (Å²) < 4.78 is 1.86. The Bertz CT molecular complexity index is 1070. The molecule has 0 aliphatic rings. The van der Waals surface area contributed by atoms with E-state index in [1.54, 1.807) is 12.3 Å². The molecule has 3 aromatic rings. The molecule has 2 aromatic carbocycles. The van der Waals surface area contributed by atoms with Gasteiger partial charge >= 0.3 is 0 Å². The topological polar surface area (TPSA) is 80.2 Å². The van der Waals surface area contributed by atoms with Crippen molar-refractivity contribution in [3.05, 3.63) is 70.9 Å². The molecule has 0 atom stereocenters. The van der Waals surface area contributed by atoms with E-state index in [-0.39, 0.29) is 18.6 Å². The fourth-order valence-corrected chi connectivity index (χ4v) is 3.07. The monoisotopic (exact) mass is 377 g/mol. The van der Waals surface area contributed by atoms with Gasteiger partial charge in [0.2, 0.25) is 5.91 Å². The highest BCUT2D eigenvalue weighted by molar-refractivity contribution is 6.07. The smallest absolute Gasteiger partial charge is 0.271 e. The van der Waals surface area contributed by atoms with E-state index in [1.807, 2.05) is 61.9 Å². The zero-order chi connectivity index (χ0) is 20.3. The number of hydrogen-bond donors (Lipinski definition) is 2. The van der Waals surface area contributed by atoms with Crippen molar-refractivity contribution in [1.29, 1.82) is 0 Å². The number of rotatable bonds is 5. The molecule has 0 fully saturated rings. The molecule has 0 aliphatic carbocycles. The number of amides is 2. The van der Waals surface area contributed by atoms with Gasteiger partial charge in [0.05, 0.1) is 5.56 Å². The minimum absolute atomic E-state index is 0.00156. The first kappa shape index (κ1) is 19.4. The second kappa shape index (κ2) is 8.08. The predicted octanol–water partition coefficient (Wildman–Crippen LogP) is 3.22. The third-order valence-electron chi connectivity index (χ3n) is 4.87. The molecule has 144 valence electrons. The highest BCUT2D eigenvalue weighted by atomic mass is 16.2. The highest BCUT2D eigenvalue weighted by Crippen LogP contribution is 2.19. The fourth-order valence-electron chi connectivity index (χ4n) is 3.07. The number of aromatic nitrogens is 1. The van der Waals surface area contributed by atoms with Crippen LogP contribution in [-0.2, 0) is 11.8 Å². The lowest BCUT2D eigenvalue weighted by Crippen LogP contribution is -2.41. The molecule has 0 unspecified atom stereocenters. The van der Waals surface area contributed by atoms with Crippen molar-refractivity contribution in [2.24, 2.45) is 7.05 Å². The normalized spacial score (nSPS) is 10.7. The van der Waals surface area contributed by atoms with Gasteiger partial charge in [0, 0.05) is 42.6 Å². The molecule has 6 heteroatoms. The standard InChI is InChI=1S/C22H23N3O3/c1-14-8-9-16(12-15(14)2)20(26)10-11-21(27)23-24-22(28)18-13-25(3)19-7-5-4-6-17(18)19/h4-9,12-13H,10-11H2,1-3H3,(H,23,27)(H,24,28). The van der Waals surface area contributed by atoms with E-state index in [0.29, 0.717) is 11.1 Å². The van der Waals surface area contributed by atoms with Crippen molar-refractivity contribution in [1.82, 2.24) is 15.4 Å². The van der Waals surface area contributed by atoms with Crippen LogP contribution >= 0.6 is 0 Å². The fraction of sp³-hybridized carbons (Fsp3) is 0.227. The average molecular weight is 377 g/mol. The van der Waals surface area contributed by atoms with Crippen LogP contribution in [0.2, 0.25) is 0 Å². The maximum Gasteiger partial charge on any atom is 0.271 e.